The number of rotatable bonds is 3. The molecule has 0 bridgehead atoms. The van der Waals surface area contributed by atoms with Gasteiger partial charge >= 0.3 is 0 Å². The van der Waals surface area contributed by atoms with Crippen LogP contribution in [0.2, 0.25) is 0 Å². The molecule has 0 aliphatic rings. The smallest absolute Gasteiger partial charge is 0.154 e. The van der Waals surface area contributed by atoms with Crippen LogP contribution in [0, 0.1) is 0 Å². The van der Waals surface area contributed by atoms with Crippen molar-refractivity contribution in [3.05, 3.63) is 36.0 Å². The number of carbonyl (C=O) groups is 1. The fourth-order valence-electron chi connectivity index (χ4n) is 1.13. The van der Waals surface area contributed by atoms with Crippen LogP contribution in [0.1, 0.15) is 13.8 Å². The number of para-hydroxylation sites is 1. The minimum Gasteiger partial charge on any atom is -0.358 e. The SMILES string of the molecule is CC(=O)/C=C(\C)Nc1ccccc1S. The summed E-state index contributed by atoms with van der Waals surface area (Å²) in [5.74, 6) is 0.0339. The van der Waals surface area contributed by atoms with Crippen LogP contribution in [-0.4, -0.2) is 5.78 Å². The summed E-state index contributed by atoms with van der Waals surface area (Å²) >= 11 is 4.29. The summed E-state index contributed by atoms with van der Waals surface area (Å²) in [6, 6.07) is 7.65. The molecule has 0 spiro atoms. The topological polar surface area (TPSA) is 29.1 Å². The Hall–Kier alpha value is -1.22. The molecule has 0 fully saturated rings. The zero-order valence-corrected chi connectivity index (χ0v) is 9.14. The molecule has 74 valence electrons. The van der Waals surface area contributed by atoms with Crippen LogP contribution in [0.4, 0.5) is 5.69 Å². The highest BCUT2D eigenvalue weighted by Crippen LogP contribution is 2.19. The summed E-state index contributed by atoms with van der Waals surface area (Å²) in [5, 5.41) is 3.11. The van der Waals surface area contributed by atoms with Gasteiger partial charge in [0.2, 0.25) is 0 Å². The van der Waals surface area contributed by atoms with Crippen molar-refractivity contribution in [2.45, 2.75) is 18.7 Å². The fraction of sp³-hybridized carbons (Fsp3) is 0.182. The lowest BCUT2D eigenvalue weighted by molar-refractivity contribution is -0.112. The number of carbonyl (C=O) groups excluding carboxylic acids is 1. The molecule has 0 unspecified atom stereocenters. The van der Waals surface area contributed by atoms with Gasteiger partial charge in [-0.3, -0.25) is 4.79 Å². The second kappa shape index (κ2) is 4.86. The molecular formula is C11H13NOS. The van der Waals surface area contributed by atoms with Crippen LogP contribution in [0.25, 0.3) is 0 Å². The largest absolute Gasteiger partial charge is 0.358 e. The number of hydrogen-bond acceptors (Lipinski definition) is 3. The molecule has 0 saturated heterocycles. The maximum atomic E-state index is 10.8. The average molecular weight is 207 g/mol. The van der Waals surface area contributed by atoms with Gasteiger partial charge in [-0.15, -0.1) is 12.6 Å². The predicted molar refractivity (Wildman–Crippen MR) is 61.8 cm³/mol. The Labute approximate surface area is 89.4 Å². The van der Waals surface area contributed by atoms with Crippen LogP contribution < -0.4 is 5.32 Å². The van der Waals surface area contributed by atoms with Crippen LogP contribution in [0.5, 0.6) is 0 Å². The summed E-state index contributed by atoms with van der Waals surface area (Å²) in [7, 11) is 0. The molecule has 0 heterocycles. The predicted octanol–water partition coefficient (Wildman–Crippen LogP) is 2.88. The number of allylic oxidation sites excluding steroid dienone is 2. The lowest BCUT2D eigenvalue weighted by Crippen LogP contribution is -1.98. The third-order valence-corrected chi connectivity index (χ3v) is 2.05. The molecule has 1 rings (SSSR count). The first-order valence-corrected chi connectivity index (χ1v) is 4.78. The van der Waals surface area contributed by atoms with Crippen molar-refractivity contribution in [2.24, 2.45) is 0 Å². The first-order chi connectivity index (χ1) is 6.59. The number of hydrogen-bond donors (Lipinski definition) is 2. The Morgan fingerprint density at radius 3 is 2.57 bits per heavy atom. The third kappa shape index (κ3) is 3.26. The summed E-state index contributed by atoms with van der Waals surface area (Å²) in [4.78, 5) is 11.7. The van der Waals surface area contributed by atoms with Gasteiger partial charge in [-0.05, 0) is 32.1 Å². The zero-order valence-electron chi connectivity index (χ0n) is 8.24. The number of benzene rings is 1. The van der Waals surface area contributed by atoms with Crippen molar-refractivity contribution in [1.29, 1.82) is 0 Å². The minimum atomic E-state index is 0.0339. The molecule has 0 radical (unpaired) electrons. The molecule has 1 N–H and O–H groups in total. The standard InChI is InChI=1S/C11H13NOS/c1-8(7-9(2)13)12-10-5-3-4-6-11(10)14/h3-7,12,14H,1-2H3/b8-7+. The lowest BCUT2D eigenvalue weighted by atomic mass is 10.3. The van der Waals surface area contributed by atoms with Gasteiger partial charge < -0.3 is 5.32 Å². The van der Waals surface area contributed by atoms with Gasteiger partial charge in [0.1, 0.15) is 0 Å². The van der Waals surface area contributed by atoms with E-state index in [0.717, 1.165) is 16.3 Å². The lowest BCUT2D eigenvalue weighted by Gasteiger charge is -2.07. The summed E-state index contributed by atoms with van der Waals surface area (Å²) < 4.78 is 0. The van der Waals surface area contributed by atoms with Gasteiger partial charge in [0.15, 0.2) is 5.78 Å². The summed E-state index contributed by atoms with van der Waals surface area (Å²) in [6.45, 7) is 3.37. The van der Waals surface area contributed by atoms with Crippen molar-refractivity contribution in [3.63, 3.8) is 0 Å². The maximum absolute atomic E-state index is 10.8. The number of anilines is 1. The summed E-state index contributed by atoms with van der Waals surface area (Å²) in [5.41, 5.74) is 1.73. The molecule has 14 heavy (non-hydrogen) atoms. The quantitative estimate of drug-likeness (QED) is 0.589. The van der Waals surface area contributed by atoms with E-state index in [1.165, 1.54) is 6.92 Å². The van der Waals surface area contributed by atoms with Gasteiger partial charge in [0, 0.05) is 10.6 Å². The second-order valence-corrected chi connectivity index (χ2v) is 3.56. The Balaban J connectivity index is 2.79. The number of ketones is 1. The van der Waals surface area contributed by atoms with E-state index in [-0.39, 0.29) is 5.78 Å². The average Bonchev–Trinajstić information content (AvgIpc) is 2.07. The summed E-state index contributed by atoms with van der Waals surface area (Å²) in [6.07, 6.45) is 1.56. The highest BCUT2D eigenvalue weighted by molar-refractivity contribution is 7.80. The van der Waals surface area contributed by atoms with E-state index in [1.807, 2.05) is 31.2 Å². The van der Waals surface area contributed by atoms with Crippen molar-refractivity contribution in [2.75, 3.05) is 5.32 Å². The van der Waals surface area contributed by atoms with E-state index in [4.69, 9.17) is 0 Å². The molecule has 2 nitrogen and oxygen atoms in total. The van der Waals surface area contributed by atoms with E-state index < -0.39 is 0 Å². The molecular weight excluding hydrogens is 194 g/mol. The molecule has 0 saturated carbocycles. The van der Waals surface area contributed by atoms with Gasteiger partial charge in [0.05, 0.1) is 5.69 Å². The van der Waals surface area contributed by atoms with Crippen molar-refractivity contribution < 1.29 is 4.79 Å². The van der Waals surface area contributed by atoms with Crippen molar-refractivity contribution in [3.8, 4) is 0 Å². The molecule has 0 aliphatic heterocycles. The molecule has 0 atom stereocenters. The first-order valence-electron chi connectivity index (χ1n) is 4.33. The van der Waals surface area contributed by atoms with Crippen molar-refractivity contribution >= 4 is 24.1 Å². The molecule has 1 aromatic rings. The Bertz CT molecular complexity index is 371. The molecule has 3 heteroatoms. The normalized spacial score (nSPS) is 11.2. The minimum absolute atomic E-state index is 0.0339. The van der Waals surface area contributed by atoms with Gasteiger partial charge in [-0.25, -0.2) is 0 Å². The van der Waals surface area contributed by atoms with Gasteiger partial charge in [-0.1, -0.05) is 12.1 Å². The first kappa shape index (κ1) is 10.9. The van der Waals surface area contributed by atoms with Gasteiger partial charge in [-0.2, -0.15) is 0 Å². The molecule has 0 aliphatic carbocycles. The molecule has 0 aromatic heterocycles. The van der Waals surface area contributed by atoms with E-state index in [2.05, 4.69) is 17.9 Å². The number of thiol groups is 1. The van der Waals surface area contributed by atoms with E-state index in [0.29, 0.717) is 0 Å². The van der Waals surface area contributed by atoms with Crippen molar-refractivity contribution in [1.82, 2.24) is 0 Å². The zero-order chi connectivity index (χ0) is 10.6. The van der Waals surface area contributed by atoms with Crippen LogP contribution in [-0.2, 0) is 4.79 Å². The highest BCUT2D eigenvalue weighted by atomic mass is 32.1. The highest BCUT2D eigenvalue weighted by Gasteiger charge is 1.97. The van der Waals surface area contributed by atoms with Gasteiger partial charge in [0.25, 0.3) is 0 Å². The second-order valence-electron chi connectivity index (χ2n) is 3.08. The fourth-order valence-corrected chi connectivity index (χ4v) is 1.35. The van der Waals surface area contributed by atoms with Crippen LogP contribution in [0.3, 0.4) is 0 Å². The van der Waals surface area contributed by atoms with E-state index in [1.54, 1.807) is 6.08 Å². The Kier molecular flexibility index (Phi) is 3.77. The molecule has 0 amide bonds. The third-order valence-electron chi connectivity index (χ3n) is 1.66. The van der Waals surface area contributed by atoms with Crippen LogP contribution in [0.15, 0.2) is 40.9 Å². The van der Waals surface area contributed by atoms with Crippen LogP contribution >= 0.6 is 12.6 Å². The van der Waals surface area contributed by atoms with E-state index >= 15 is 0 Å². The Morgan fingerprint density at radius 2 is 2.00 bits per heavy atom. The maximum Gasteiger partial charge on any atom is 0.154 e. The van der Waals surface area contributed by atoms with E-state index in [9.17, 15) is 4.79 Å². The Morgan fingerprint density at radius 1 is 1.36 bits per heavy atom. The molecule has 1 aromatic carbocycles. The number of nitrogens with one attached hydrogen (secondary N) is 1. The monoisotopic (exact) mass is 207 g/mol.